The highest BCUT2D eigenvalue weighted by Gasteiger charge is 2.11. The Balaban J connectivity index is 3.58. The third-order valence-electron chi connectivity index (χ3n) is 9.50. The van der Waals surface area contributed by atoms with Crippen molar-refractivity contribution < 1.29 is 32.4 Å². The summed E-state index contributed by atoms with van der Waals surface area (Å²) in [5.74, 6) is 0. The standard InChI is InChI=1S/C40H80O7P2/c1-3-5-7-9-11-13-15-17-19-21-23-25-27-29-31-39(46-48-41)37-44-35-33-43-34-36-45-38-40(47-49-42)32-30-28-26-24-22-20-18-16-14-12-10-8-6-4-2/h39-40H,3-38H2,1-2H3. The Kier molecular flexibility index (Phi) is 44.2. The minimum atomic E-state index is -0.283. The summed E-state index contributed by atoms with van der Waals surface area (Å²) in [4.78, 5) is 0. The Hall–Kier alpha value is -0.0000000000000000555. The zero-order chi connectivity index (χ0) is 35.6. The van der Waals surface area contributed by atoms with Gasteiger partial charge >= 0.3 is 17.4 Å². The summed E-state index contributed by atoms with van der Waals surface area (Å²) in [6.45, 7) is 7.29. The Labute approximate surface area is 307 Å². The second kappa shape index (κ2) is 44.2. The van der Waals surface area contributed by atoms with E-state index in [2.05, 4.69) is 13.8 Å². The van der Waals surface area contributed by atoms with Gasteiger partial charge in [-0.05, 0) is 12.8 Å². The third-order valence-corrected chi connectivity index (χ3v) is 10.3. The van der Waals surface area contributed by atoms with E-state index in [1.165, 1.54) is 167 Å². The third kappa shape index (κ3) is 40.6. The lowest BCUT2D eigenvalue weighted by atomic mass is 10.0. The van der Waals surface area contributed by atoms with Gasteiger partial charge in [-0.3, -0.25) is 9.05 Å². The molecule has 7 nitrogen and oxygen atoms in total. The van der Waals surface area contributed by atoms with Crippen LogP contribution in [0, 0.1) is 0 Å². The highest BCUT2D eigenvalue weighted by molar-refractivity contribution is 7.17. The molecule has 0 aromatic rings. The van der Waals surface area contributed by atoms with E-state index in [1.807, 2.05) is 0 Å². The van der Waals surface area contributed by atoms with E-state index in [0.29, 0.717) is 39.6 Å². The van der Waals surface area contributed by atoms with Gasteiger partial charge in [-0.15, -0.1) is 0 Å². The molecule has 0 saturated heterocycles. The normalized spacial score (nSPS) is 13.1. The lowest BCUT2D eigenvalue weighted by Gasteiger charge is -2.15. The van der Waals surface area contributed by atoms with Crippen LogP contribution in [0.15, 0.2) is 0 Å². The first-order valence-corrected chi connectivity index (χ1v) is 22.4. The predicted molar refractivity (Wildman–Crippen MR) is 207 cm³/mol. The Morgan fingerprint density at radius 3 is 0.857 bits per heavy atom. The molecule has 0 N–H and O–H groups in total. The van der Waals surface area contributed by atoms with Gasteiger partial charge in [-0.25, -0.2) is 9.13 Å². The van der Waals surface area contributed by atoms with E-state index in [0.717, 1.165) is 25.7 Å². The molecule has 0 bridgehead atoms. The van der Waals surface area contributed by atoms with Crippen LogP contribution in [0.5, 0.6) is 0 Å². The first-order valence-electron chi connectivity index (χ1n) is 21.0. The molecule has 0 amide bonds. The second-order valence-corrected chi connectivity index (χ2v) is 14.9. The Bertz CT molecular complexity index is 592. The van der Waals surface area contributed by atoms with Gasteiger partial charge in [0, 0.05) is 0 Å². The lowest BCUT2D eigenvalue weighted by Crippen LogP contribution is -2.20. The molecule has 0 aliphatic rings. The molecule has 0 radical (unpaired) electrons. The summed E-state index contributed by atoms with van der Waals surface area (Å²) in [6.07, 6.45) is 38.9. The van der Waals surface area contributed by atoms with Crippen molar-refractivity contribution in [1.82, 2.24) is 0 Å². The Morgan fingerprint density at radius 1 is 0.347 bits per heavy atom. The molecule has 2 atom stereocenters. The molecule has 9 heteroatoms. The van der Waals surface area contributed by atoms with Crippen LogP contribution >= 0.6 is 17.4 Å². The van der Waals surface area contributed by atoms with E-state index < -0.39 is 0 Å². The molecule has 292 valence electrons. The molecular formula is C40H80O7P2. The van der Waals surface area contributed by atoms with Crippen molar-refractivity contribution in [3.63, 3.8) is 0 Å². The zero-order valence-corrected chi connectivity index (χ0v) is 34.2. The van der Waals surface area contributed by atoms with Crippen molar-refractivity contribution in [3.8, 4) is 0 Å². The van der Waals surface area contributed by atoms with E-state index in [9.17, 15) is 9.13 Å². The van der Waals surface area contributed by atoms with E-state index in [-0.39, 0.29) is 29.6 Å². The highest BCUT2D eigenvalue weighted by atomic mass is 31.1. The molecule has 0 rings (SSSR count). The molecule has 49 heavy (non-hydrogen) atoms. The van der Waals surface area contributed by atoms with Crippen molar-refractivity contribution in [2.45, 2.75) is 219 Å². The number of rotatable bonds is 44. The summed E-state index contributed by atoms with van der Waals surface area (Å²) < 4.78 is 49.8. The fraction of sp³-hybridized carbons (Fsp3) is 1.00. The van der Waals surface area contributed by atoms with Crippen LogP contribution in [-0.2, 0) is 32.4 Å². The SMILES string of the molecule is CCCCCCCCCCCCCCCCC(COCCOCCOCC(CCCCCCCCCCCCCCCC)OP=O)OP=O. The largest absolute Gasteiger partial charge is 0.377 e. The maximum absolute atomic E-state index is 11.0. The smallest absolute Gasteiger partial charge is 0.327 e. The van der Waals surface area contributed by atoms with Crippen LogP contribution in [0.25, 0.3) is 0 Å². The van der Waals surface area contributed by atoms with Gasteiger partial charge in [0.05, 0.1) is 51.8 Å². The quantitative estimate of drug-likeness (QED) is 0.0455. The van der Waals surface area contributed by atoms with Crippen LogP contribution in [0.1, 0.15) is 206 Å². The molecule has 0 aliphatic heterocycles. The van der Waals surface area contributed by atoms with Crippen molar-refractivity contribution in [1.29, 1.82) is 0 Å². The number of unbranched alkanes of at least 4 members (excludes halogenated alkanes) is 26. The van der Waals surface area contributed by atoms with E-state index >= 15 is 0 Å². The van der Waals surface area contributed by atoms with Crippen LogP contribution in [0.4, 0.5) is 0 Å². The predicted octanol–water partition coefficient (Wildman–Crippen LogP) is 14.0. The molecule has 0 heterocycles. The van der Waals surface area contributed by atoms with E-state index in [4.69, 9.17) is 23.3 Å². The van der Waals surface area contributed by atoms with Crippen molar-refractivity contribution in [2.75, 3.05) is 39.6 Å². The molecule has 0 aromatic carbocycles. The summed E-state index contributed by atoms with van der Waals surface area (Å²) in [5.41, 5.74) is 0. The van der Waals surface area contributed by atoms with Gasteiger partial charge in [-0.2, -0.15) is 0 Å². The molecule has 2 unspecified atom stereocenters. The van der Waals surface area contributed by atoms with Crippen LogP contribution in [0.3, 0.4) is 0 Å². The van der Waals surface area contributed by atoms with Crippen LogP contribution < -0.4 is 0 Å². The van der Waals surface area contributed by atoms with Crippen molar-refractivity contribution in [2.24, 2.45) is 0 Å². The average molecular weight is 735 g/mol. The van der Waals surface area contributed by atoms with Gasteiger partial charge in [0.1, 0.15) is 0 Å². The monoisotopic (exact) mass is 735 g/mol. The molecule has 0 spiro atoms. The summed E-state index contributed by atoms with van der Waals surface area (Å²) >= 11 is 0. The summed E-state index contributed by atoms with van der Waals surface area (Å²) in [5, 5.41) is 0. The maximum atomic E-state index is 11.0. The zero-order valence-electron chi connectivity index (χ0n) is 32.4. The van der Waals surface area contributed by atoms with Gasteiger partial charge in [0.15, 0.2) is 0 Å². The first kappa shape index (κ1) is 49.0. The number of ether oxygens (including phenoxy) is 3. The molecule has 0 aliphatic carbocycles. The van der Waals surface area contributed by atoms with Crippen LogP contribution in [0.2, 0.25) is 0 Å². The summed E-state index contributed by atoms with van der Waals surface area (Å²) in [6, 6.07) is 0. The molecule has 0 fully saturated rings. The van der Waals surface area contributed by atoms with Crippen molar-refractivity contribution >= 4 is 17.4 Å². The van der Waals surface area contributed by atoms with Gasteiger partial charge in [-0.1, -0.05) is 194 Å². The second-order valence-electron chi connectivity index (χ2n) is 14.1. The van der Waals surface area contributed by atoms with Gasteiger partial charge < -0.3 is 14.2 Å². The fourth-order valence-corrected chi connectivity index (χ4v) is 6.93. The lowest BCUT2D eigenvalue weighted by molar-refractivity contribution is -0.0149. The molecule has 0 aromatic heterocycles. The van der Waals surface area contributed by atoms with Crippen molar-refractivity contribution in [3.05, 3.63) is 0 Å². The molecular weight excluding hydrogens is 654 g/mol. The Morgan fingerprint density at radius 2 is 0.592 bits per heavy atom. The van der Waals surface area contributed by atoms with Crippen LogP contribution in [-0.4, -0.2) is 51.8 Å². The van der Waals surface area contributed by atoms with E-state index in [1.54, 1.807) is 0 Å². The minimum absolute atomic E-state index is 0.142. The highest BCUT2D eigenvalue weighted by Crippen LogP contribution is 2.18. The minimum Gasteiger partial charge on any atom is -0.377 e. The number of hydrogen-bond donors (Lipinski definition) is 0. The topological polar surface area (TPSA) is 80.3 Å². The fourth-order valence-electron chi connectivity index (χ4n) is 6.36. The van der Waals surface area contributed by atoms with Gasteiger partial charge in [0.25, 0.3) is 0 Å². The van der Waals surface area contributed by atoms with Gasteiger partial charge in [0.2, 0.25) is 0 Å². The maximum Gasteiger partial charge on any atom is 0.327 e. The number of hydrogen-bond acceptors (Lipinski definition) is 7. The summed E-state index contributed by atoms with van der Waals surface area (Å²) in [7, 11) is -0.567. The average Bonchev–Trinajstić information content (AvgIpc) is 3.11. The molecule has 0 saturated carbocycles. The first-order chi connectivity index (χ1) is 24.3.